The lowest BCUT2D eigenvalue weighted by molar-refractivity contribution is 0.000379. The van der Waals surface area contributed by atoms with Crippen LogP contribution in [0.5, 0.6) is 0 Å². The van der Waals surface area contributed by atoms with Gasteiger partial charge in [-0.05, 0) is 38.8 Å². The molecular formula is C16H34N2O. The number of nitrogens with zero attached hydrogens (tertiary/aromatic N) is 1. The maximum atomic E-state index is 5.87. The number of likely N-dealkylation sites (tertiary alicyclic amines) is 1. The Morgan fingerprint density at radius 3 is 2.79 bits per heavy atom. The van der Waals surface area contributed by atoms with Gasteiger partial charge in [0.05, 0.1) is 6.10 Å². The van der Waals surface area contributed by atoms with Crippen LogP contribution in [0.4, 0.5) is 0 Å². The lowest BCUT2D eigenvalue weighted by Gasteiger charge is -2.32. The second kappa shape index (κ2) is 11.7. The van der Waals surface area contributed by atoms with Crippen LogP contribution >= 0.6 is 0 Å². The zero-order valence-electron chi connectivity index (χ0n) is 13.1. The van der Waals surface area contributed by atoms with Crippen molar-refractivity contribution >= 4 is 0 Å². The largest absolute Gasteiger partial charge is 0.377 e. The highest BCUT2D eigenvalue weighted by atomic mass is 16.5. The summed E-state index contributed by atoms with van der Waals surface area (Å²) < 4.78 is 5.87. The number of unbranched alkanes of at least 4 members (excludes halogenated alkanes) is 3. The van der Waals surface area contributed by atoms with E-state index in [2.05, 4.69) is 24.1 Å². The quantitative estimate of drug-likeness (QED) is 0.584. The van der Waals surface area contributed by atoms with Gasteiger partial charge in [-0.25, -0.2) is 0 Å². The Bertz CT molecular complexity index is 199. The molecule has 0 aromatic rings. The first-order valence-corrected chi connectivity index (χ1v) is 8.41. The molecule has 0 amide bonds. The number of hydrogen-bond donors (Lipinski definition) is 1. The van der Waals surface area contributed by atoms with E-state index in [-0.39, 0.29) is 0 Å². The number of ether oxygens (including phenoxy) is 1. The molecule has 1 rings (SSSR count). The SMILES string of the molecule is CCCCCCNCCN1CCCC(OCCC)C1. The third-order valence-corrected chi connectivity index (χ3v) is 3.83. The highest BCUT2D eigenvalue weighted by Gasteiger charge is 2.19. The van der Waals surface area contributed by atoms with E-state index >= 15 is 0 Å². The number of hydrogen-bond acceptors (Lipinski definition) is 3. The zero-order valence-corrected chi connectivity index (χ0v) is 13.1. The number of rotatable bonds is 11. The molecule has 0 aromatic heterocycles. The Morgan fingerprint density at radius 1 is 1.11 bits per heavy atom. The fourth-order valence-electron chi connectivity index (χ4n) is 2.68. The van der Waals surface area contributed by atoms with E-state index in [1.165, 1.54) is 58.2 Å². The fourth-order valence-corrected chi connectivity index (χ4v) is 2.68. The molecule has 3 nitrogen and oxygen atoms in total. The van der Waals surface area contributed by atoms with E-state index in [4.69, 9.17) is 4.74 Å². The Kier molecular flexibility index (Phi) is 10.4. The van der Waals surface area contributed by atoms with Crippen molar-refractivity contribution in [1.29, 1.82) is 0 Å². The summed E-state index contributed by atoms with van der Waals surface area (Å²) in [6.45, 7) is 11.3. The molecule has 0 bridgehead atoms. The van der Waals surface area contributed by atoms with Crippen LogP contribution in [-0.4, -0.2) is 50.3 Å². The van der Waals surface area contributed by atoms with Gasteiger partial charge in [-0.3, -0.25) is 4.90 Å². The Labute approximate surface area is 120 Å². The third kappa shape index (κ3) is 8.61. The van der Waals surface area contributed by atoms with Crippen LogP contribution in [0.3, 0.4) is 0 Å². The first-order chi connectivity index (χ1) is 9.36. The second-order valence-corrected chi connectivity index (χ2v) is 5.75. The van der Waals surface area contributed by atoms with Crippen LogP contribution in [0.15, 0.2) is 0 Å². The van der Waals surface area contributed by atoms with Crippen molar-refractivity contribution < 1.29 is 4.74 Å². The topological polar surface area (TPSA) is 24.5 Å². The van der Waals surface area contributed by atoms with Crippen molar-refractivity contribution in [2.75, 3.05) is 39.3 Å². The van der Waals surface area contributed by atoms with Crippen molar-refractivity contribution in [2.24, 2.45) is 0 Å². The molecule has 1 fully saturated rings. The van der Waals surface area contributed by atoms with E-state index in [1.54, 1.807) is 0 Å². The van der Waals surface area contributed by atoms with Crippen LogP contribution in [0, 0.1) is 0 Å². The van der Waals surface area contributed by atoms with Crippen molar-refractivity contribution in [3.8, 4) is 0 Å². The standard InChI is InChI=1S/C16H34N2O/c1-3-5-6-7-10-17-11-13-18-12-8-9-16(15-18)19-14-4-2/h16-17H,3-15H2,1-2H3. The molecule has 1 unspecified atom stereocenters. The summed E-state index contributed by atoms with van der Waals surface area (Å²) in [7, 11) is 0. The van der Waals surface area contributed by atoms with Gasteiger partial charge in [0.2, 0.25) is 0 Å². The van der Waals surface area contributed by atoms with E-state index < -0.39 is 0 Å². The Morgan fingerprint density at radius 2 is 2.00 bits per heavy atom. The predicted molar refractivity (Wildman–Crippen MR) is 82.7 cm³/mol. The summed E-state index contributed by atoms with van der Waals surface area (Å²) >= 11 is 0. The summed E-state index contributed by atoms with van der Waals surface area (Å²) in [6.07, 6.45) is 9.58. The molecular weight excluding hydrogens is 236 g/mol. The lowest BCUT2D eigenvalue weighted by Crippen LogP contribution is -2.42. The molecule has 114 valence electrons. The van der Waals surface area contributed by atoms with Crippen LogP contribution < -0.4 is 5.32 Å². The third-order valence-electron chi connectivity index (χ3n) is 3.83. The summed E-state index contributed by atoms with van der Waals surface area (Å²) in [5, 5.41) is 3.57. The molecule has 1 aliphatic heterocycles. The monoisotopic (exact) mass is 270 g/mol. The molecule has 19 heavy (non-hydrogen) atoms. The first-order valence-electron chi connectivity index (χ1n) is 8.41. The number of nitrogens with one attached hydrogen (secondary N) is 1. The van der Waals surface area contributed by atoms with Crippen LogP contribution in [-0.2, 0) is 4.74 Å². The van der Waals surface area contributed by atoms with Crippen LogP contribution in [0.25, 0.3) is 0 Å². The predicted octanol–water partition coefficient (Wildman–Crippen LogP) is 3.05. The average molecular weight is 270 g/mol. The molecule has 1 atom stereocenters. The van der Waals surface area contributed by atoms with Gasteiger partial charge in [0.1, 0.15) is 0 Å². The van der Waals surface area contributed by atoms with Gasteiger partial charge in [-0.15, -0.1) is 0 Å². The fraction of sp³-hybridized carbons (Fsp3) is 1.00. The summed E-state index contributed by atoms with van der Waals surface area (Å²) in [6, 6.07) is 0. The van der Waals surface area contributed by atoms with Crippen molar-refractivity contribution in [3.05, 3.63) is 0 Å². The van der Waals surface area contributed by atoms with Gasteiger partial charge in [0.25, 0.3) is 0 Å². The molecule has 0 saturated carbocycles. The van der Waals surface area contributed by atoms with Crippen molar-refractivity contribution in [3.63, 3.8) is 0 Å². The number of piperidine rings is 1. The minimum absolute atomic E-state index is 0.484. The molecule has 1 N–H and O–H groups in total. The normalized spacial score (nSPS) is 20.8. The molecule has 1 heterocycles. The van der Waals surface area contributed by atoms with Gasteiger partial charge in [0.15, 0.2) is 0 Å². The van der Waals surface area contributed by atoms with Gasteiger partial charge in [0, 0.05) is 26.2 Å². The summed E-state index contributed by atoms with van der Waals surface area (Å²) in [4.78, 5) is 2.56. The van der Waals surface area contributed by atoms with E-state index in [0.29, 0.717) is 6.10 Å². The smallest absolute Gasteiger partial charge is 0.0702 e. The first kappa shape index (κ1) is 16.9. The van der Waals surface area contributed by atoms with Crippen molar-refractivity contribution in [2.45, 2.75) is 64.9 Å². The van der Waals surface area contributed by atoms with Crippen molar-refractivity contribution in [1.82, 2.24) is 10.2 Å². The second-order valence-electron chi connectivity index (χ2n) is 5.75. The molecule has 1 aliphatic rings. The highest BCUT2D eigenvalue weighted by molar-refractivity contribution is 4.73. The van der Waals surface area contributed by atoms with Crippen LogP contribution in [0.2, 0.25) is 0 Å². The summed E-state index contributed by atoms with van der Waals surface area (Å²) in [5.41, 5.74) is 0. The van der Waals surface area contributed by atoms with Gasteiger partial charge < -0.3 is 10.1 Å². The lowest BCUT2D eigenvalue weighted by atomic mass is 10.1. The maximum Gasteiger partial charge on any atom is 0.0702 e. The average Bonchev–Trinajstić information content (AvgIpc) is 2.44. The minimum Gasteiger partial charge on any atom is -0.377 e. The minimum atomic E-state index is 0.484. The highest BCUT2D eigenvalue weighted by Crippen LogP contribution is 2.12. The van der Waals surface area contributed by atoms with E-state index in [1.807, 2.05) is 0 Å². The molecule has 0 radical (unpaired) electrons. The van der Waals surface area contributed by atoms with Gasteiger partial charge in [-0.2, -0.15) is 0 Å². The molecule has 0 aliphatic carbocycles. The van der Waals surface area contributed by atoms with Crippen LogP contribution in [0.1, 0.15) is 58.8 Å². The molecule has 0 aromatic carbocycles. The zero-order chi connectivity index (χ0) is 13.8. The van der Waals surface area contributed by atoms with Gasteiger partial charge in [-0.1, -0.05) is 33.1 Å². The molecule has 0 spiro atoms. The summed E-state index contributed by atoms with van der Waals surface area (Å²) in [5.74, 6) is 0. The maximum absolute atomic E-state index is 5.87. The van der Waals surface area contributed by atoms with E-state index in [9.17, 15) is 0 Å². The van der Waals surface area contributed by atoms with E-state index in [0.717, 1.165) is 26.1 Å². The molecule has 1 saturated heterocycles. The Hall–Kier alpha value is -0.120. The Balaban J connectivity index is 1.96. The molecule has 3 heteroatoms. The van der Waals surface area contributed by atoms with Gasteiger partial charge >= 0.3 is 0 Å².